The van der Waals surface area contributed by atoms with Crippen molar-refractivity contribution < 1.29 is 24.9 Å². The molecule has 2 unspecified atom stereocenters. The maximum Gasteiger partial charge on any atom is 0.163 e. The molecule has 0 heterocycles. The molecule has 0 bridgehead atoms. The van der Waals surface area contributed by atoms with Crippen LogP contribution in [0.25, 0.3) is 0 Å². The Balaban J connectivity index is 0.000000180. The zero-order valence-corrected chi connectivity index (χ0v) is 10.3. The summed E-state index contributed by atoms with van der Waals surface area (Å²) in [6.45, 7) is 1.66. The highest BCUT2D eigenvalue weighted by atomic mass is 16.3. The van der Waals surface area contributed by atoms with Crippen molar-refractivity contribution in [2.75, 3.05) is 6.61 Å². The SMILES string of the molecule is CCC1=CC(O)CC1=O.O=C1CC(O)C=C1CO. The number of ketones is 2. The van der Waals surface area contributed by atoms with Gasteiger partial charge in [0.1, 0.15) is 0 Å². The van der Waals surface area contributed by atoms with E-state index >= 15 is 0 Å². The molecule has 2 atom stereocenters. The van der Waals surface area contributed by atoms with Crippen molar-refractivity contribution in [3.8, 4) is 0 Å². The molecular formula is C13H18O5. The normalized spacial score (nSPS) is 26.7. The number of hydrogen-bond donors (Lipinski definition) is 3. The molecule has 0 spiro atoms. The second kappa shape index (κ2) is 6.58. The summed E-state index contributed by atoms with van der Waals surface area (Å²) >= 11 is 0. The van der Waals surface area contributed by atoms with E-state index in [0.717, 1.165) is 12.0 Å². The molecule has 2 rings (SSSR count). The van der Waals surface area contributed by atoms with E-state index in [1.54, 1.807) is 6.08 Å². The summed E-state index contributed by atoms with van der Waals surface area (Å²) in [4.78, 5) is 21.4. The Kier molecular flexibility index (Phi) is 5.40. The van der Waals surface area contributed by atoms with Crippen molar-refractivity contribution >= 4 is 11.6 Å². The molecule has 5 nitrogen and oxygen atoms in total. The summed E-state index contributed by atoms with van der Waals surface area (Å²) in [7, 11) is 0. The lowest BCUT2D eigenvalue weighted by Crippen LogP contribution is -2.02. The second-order valence-electron chi connectivity index (χ2n) is 4.28. The van der Waals surface area contributed by atoms with Gasteiger partial charge >= 0.3 is 0 Å². The molecule has 0 aliphatic heterocycles. The standard InChI is InChI=1S/C7H10O2.C6H8O3/c1-2-5-3-6(8)4-7(5)9;7-3-4-1-5(8)2-6(4)9/h3,6,8H,2,4H2,1H3;1,5,7-8H,2-3H2. The molecule has 0 amide bonds. The minimum absolute atomic E-state index is 0.102. The van der Waals surface area contributed by atoms with Crippen molar-refractivity contribution in [2.24, 2.45) is 0 Å². The maximum atomic E-state index is 10.8. The van der Waals surface area contributed by atoms with Gasteiger partial charge in [0.15, 0.2) is 11.6 Å². The van der Waals surface area contributed by atoms with Crippen LogP contribution in [0, 0.1) is 0 Å². The Bertz CT molecular complexity index is 356. The van der Waals surface area contributed by atoms with Crippen LogP contribution in [0.4, 0.5) is 0 Å². The average Bonchev–Trinajstić information content (AvgIpc) is 2.81. The predicted molar refractivity (Wildman–Crippen MR) is 64.8 cm³/mol. The van der Waals surface area contributed by atoms with E-state index in [0.29, 0.717) is 12.0 Å². The fourth-order valence-electron chi connectivity index (χ4n) is 1.87. The molecule has 5 heteroatoms. The van der Waals surface area contributed by atoms with Gasteiger partial charge in [-0.05, 0) is 24.1 Å². The molecule has 3 N–H and O–H groups in total. The molecule has 0 fully saturated rings. The Morgan fingerprint density at radius 2 is 1.50 bits per heavy atom. The number of aliphatic hydroxyl groups is 3. The molecule has 0 saturated carbocycles. The predicted octanol–water partition coefficient (Wildman–Crippen LogP) is -0.105. The lowest BCUT2D eigenvalue weighted by molar-refractivity contribution is -0.116. The van der Waals surface area contributed by atoms with Gasteiger partial charge in [0, 0.05) is 18.4 Å². The van der Waals surface area contributed by atoms with Crippen LogP contribution in [0.2, 0.25) is 0 Å². The van der Waals surface area contributed by atoms with Gasteiger partial charge in [0.25, 0.3) is 0 Å². The second-order valence-corrected chi connectivity index (χ2v) is 4.28. The number of hydrogen-bond acceptors (Lipinski definition) is 5. The fourth-order valence-corrected chi connectivity index (χ4v) is 1.87. The van der Waals surface area contributed by atoms with Crippen LogP contribution in [0.15, 0.2) is 23.3 Å². The van der Waals surface area contributed by atoms with E-state index in [-0.39, 0.29) is 24.6 Å². The summed E-state index contributed by atoms with van der Waals surface area (Å²) in [5, 5.41) is 26.2. The average molecular weight is 254 g/mol. The lowest BCUT2D eigenvalue weighted by atomic mass is 10.2. The van der Waals surface area contributed by atoms with Gasteiger partial charge in [0.2, 0.25) is 0 Å². The van der Waals surface area contributed by atoms with E-state index in [9.17, 15) is 9.59 Å². The van der Waals surface area contributed by atoms with Gasteiger partial charge in [-0.25, -0.2) is 0 Å². The number of rotatable bonds is 2. The quantitative estimate of drug-likeness (QED) is 0.639. The number of Topliss-reactive ketones (excluding diaryl/α,β-unsaturated/α-hetero) is 2. The van der Waals surface area contributed by atoms with Crippen LogP contribution >= 0.6 is 0 Å². The maximum absolute atomic E-state index is 10.8. The van der Waals surface area contributed by atoms with Crippen molar-refractivity contribution in [2.45, 2.75) is 38.4 Å². The Morgan fingerprint density at radius 1 is 1.06 bits per heavy atom. The first kappa shape index (κ1) is 14.8. The number of aliphatic hydroxyl groups excluding tert-OH is 3. The third-order valence-electron chi connectivity index (χ3n) is 2.84. The van der Waals surface area contributed by atoms with Crippen molar-refractivity contribution in [1.82, 2.24) is 0 Å². The van der Waals surface area contributed by atoms with Gasteiger partial charge in [-0.15, -0.1) is 0 Å². The van der Waals surface area contributed by atoms with Crippen LogP contribution in [0.3, 0.4) is 0 Å². The van der Waals surface area contributed by atoms with Crippen molar-refractivity contribution in [3.05, 3.63) is 23.3 Å². The molecule has 0 aromatic carbocycles. The molecule has 0 saturated heterocycles. The third-order valence-corrected chi connectivity index (χ3v) is 2.84. The monoisotopic (exact) mass is 254 g/mol. The first-order valence-corrected chi connectivity index (χ1v) is 5.92. The topological polar surface area (TPSA) is 94.8 Å². The number of carbonyl (C=O) groups is 2. The first-order valence-electron chi connectivity index (χ1n) is 5.92. The Labute approximate surface area is 105 Å². The minimum Gasteiger partial charge on any atom is -0.392 e. The molecule has 100 valence electrons. The van der Waals surface area contributed by atoms with Crippen LogP contribution in [0.1, 0.15) is 26.2 Å². The van der Waals surface area contributed by atoms with Gasteiger partial charge in [-0.1, -0.05) is 6.92 Å². The van der Waals surface area contributed by atoms with E-state index in [1.807, 2.05) is 6.92 Å². The summed E-state index contributed by atoms with van der Waals surface area (Å²) < 4.78 is 0. The van der Waals surface area contributed by atoms with E-state index < -0.39 is 12.2 Å². The van der Waals surface area contributed by atoms with Gasteiger partial charge in [0.05, 0.1) is 18.8 Å². The highest BCUT2D eigenvalue weighted by Gasteiger charge is 2.20. The highest BCUT2D eigenvalue weighted by molar-refractivity contribution is 5.98. The summed E-state index contributed by atoms with van der Waals surface area (Å²) in [5.41, 5.74) is 1.12. The zero-order chi connectivity index (χ0) is 13.7. The van der Waals surface area contributed by atoms with Crippen LogP contribution in [-0.2, 0) is 9.59 Å². The number of carbonyl (C=O) groups excluding carboxylic acids is 2. The van der Waals surface area contributed by atoms with Crippen LogP contribution in [0.5, 0.6) is 0 Å². The molecule has 0 radical (unpaired) electrons. The van der Waals surface area contributed by atoms with Gasteiger partial charge < -0.3 is 15.3 Å². The third kappa shape index (κ3) is 3.87. The van der Waals surface area contributed by atoms with Crippen molar-refractivity contribution in [1.29, 1.82) is 0 Å². The van der Waals surface area contributed by atoms with E-state index in [1.165, 1.54) is 6.08 Å². The highest BCUT2D eigenvalue weighted by Crippen LogP contribution is 2.16. The van der Waals surface area contributed by atoms with E-state index in [2.05, 4.69) is 0 Å². The Morgan fingerprint density at radius 3 is 1.67 bits per heavy atom. The molecular weight excluding hydrogens is 236 g/mol. The molecule has 0 aromatic rings. The molecule has 2 aliphatic rings. The smallest absolute Gasteiger partial charge is 0.163 e. The summed E-state index contributed by atoms with van der Waals surface area (Å²) in [6, 6.07) is 0. The summed E-state index contributed by atoms with van der Waals surface area (Å²) in [6.07, 6.45) is 3.03. The minimum atomic E-state index is -0.667. The van der Waals surface area contributed by atoms with E-state index in [4.69, 9.17) is 15.3 Å². The first-order chi connectivity index (χ1) is 8.47. The Hall–Kier alpha value is -1.30. The largest absolute Gasteiger partial charge is 0.392 e. The fraction of sp³-hybridized carbons (Fsp3) is 0.538. The van der Waals surface area contributed by atoms with Gasteiger partial charge in [-0.3, -0.25) is 9.59 Å². The summed E-state index contributed by atoms with van der Waals surface area (Å²) in [5.74, 6) is -0.0463. The van der Waals surface area contributed by atoms with Gasteiger partial charge in [-0.2, -0.15) is 0 Å². The molecule has 2 aliphatic carbocycles. The lowest BCUT2D eigenvalue weighted by Gasteiger charge is -1.89. The molecule has 0 aromatic heterocycles. The van der Waals surface area contributed by atoms with Crippen LogP contribution < -0.4 is 0 Å². The zero-order valence-electron chi connectivity index (χ0n) is 10.3. The molecule has 18 heavy (non-hydrogen) atoms. The van der Waals surface area contributed by atoms with Crippen LogP contribution in [-0.4, -0.2) is 45.7 Å². The number of allylic oxidation sites excluding steroid dienone is 1. The van der Waals surface area contributed by atoms with Crippen molar-refractivity contribution in [3.63, 3.8) is 0 Å².